The zero-order chi connectivity index (χ0) is 31.8. The van der Waals surface area contributed by atoms with Crippen molar-refractivity contribution >= 4 is 29.3 Å². The van der Waals surface area contributed by atoms with Gasteiger partial charge in [0.25, 0.3) is 0 Å². The lowest BCUT2D eigenvalue weighted by molar-refractivity contribution is -0.131. The summed E-state index contributed by atoms with van der Waals surface area (Å²) in [7, 11) is 7.36. The maximum Gasteiger partial charge on any atom is 0.242 e. The lowest BCUT2D eigenvalue weighted by Gasteiger charge is -2.25. The van der Waals surface area contributed by atoms with E-state index < -0.39 is 24.2 Å². The van der Waals surface area contributed by atoms with Gasteiger partial charge in [-0.1, -0.05) is 6.42 Å². The quantitative estimate of drug-likeness (QED) is 0.0669. The van der Waals surface area contributed by atoms with Crippen molar-refractivity contribution in [2.45, 2.75) is 115 Å². The fourth-order valence-electron chi connectivity index (χ4n) is 4.72. The number of likely N-dealkylation sites (N-methyl/N-ethyl adjacent to an activating group) is 1. The highest BCUT2D eigenvalue weighted by Crippen LogP contribution is 2.10. The Labute approximate surface area is 253 Å². The van der Waals surface area contributed by atoms with E-state index >= 15 is 0 Å². The van der Waals surface area contributed by atoms with Gasteiger partial charge in [0.1, 0.15) is 11.8 Å². The van der Waals surface area contributed by atoms with Crippen LogP contribution in [0.1, 0.15) is 90.9 Å². The highest BCUT2D eigenvalue weighted by Gasteiger charge is 2.27. The fourth-order valence-corrected chi connectivity index (χ4v) is 4.72. The standard InChI is InChI=1S/C30H59N7O5/c1-22(38)21-24(16-17-28(40)36-25(23(2)39)13-7-10-18-31-3)35-30(42)27(15-9-12-20-33-5)37-29(41)26(34-6)14-8-11-19-32-4/h24-27,31-34H,7-21H2,1-6H3,(H,35,42)(H,36,40)(H,37,41). The Morgan fingerprint density at radius 2 is 1.02 bits per heavy atom. The first-order chi connectivity index (χ1) is 20.1. The van der Waals surface area contributed by atoms with Crippen LogP contribution in [-0.4, -0.2) is 101 Å². The average Bonchev–Trinajstić information content (AvgIpc) is 2.94. The topological polar surface area (TPSA) is 170 Å². The number of amides is 3. The van der Waals surface area contributed by atoms with Gasteiger partial charge in [-0.05, 0) is 119 Å². The molecule has 0 aliphatic rings. The number of carbonyl (C=O) groups excluding carboxylic acids is 5. The summed E-state index contributed by atoms with van der Waals surface area (Å²) in [4.78, 5) is 63.2. The molecule has 0 aliphatic carbocycles. The van der Waals surface area contributed by atoms with Crippen LogP contribution in [0.4, 0.5) is 0 Å². The summed E-state index contributed by atoms with van der Waals surface area (Å²) in [6.07, 6.45) is 7.14. The molecule has 0 bridgehead atoms. The molecule has 0 aromatic rings. The van der Waals surface area contributed by atoms with E-state index in [9.17, 15) is 24.0 Å². The maximum absolute atomic E-state index is 13.4. The predicted octanol–water partition coefficient (Wildman–Crippen LogP) is 0.546. The minimum absolute atomic E-state index is 0.0617. The van der Waals surface area contributed by atoms with E-state index in [-0.39, 0.29) is 48.6 Å². The summed E-state index contributed by atoms with van der Waals surface area (Å²) in [5.74, 6) is -1.10. The third-order valence-corrected chi connectivity index (χ3v) is 7.23. The molecule has 4 unspecified atom stereocenters. The van der Waals surface area contributed by atoms with Crippen molar-refractivity contribution in [3.63, 3.8) is 0 Å². The van der Waals surface area contributed by atoms with Crippen molar-refractivity contribution in [2.24, 2.45) is 0 Å². The Bertz CT molecular complexity index is 796. The van der Waals surface area contributed by atoms with Crippen LogP contribution in [0.15, 0.2) is 0 Å². The summed E-state index contributed by atoms with van der Waals surface area (Å²) in [5.41, 5.74) is 0. The van der Waals surface area contributed by atoms with Gasteiger partial charge in [0.2, 0.25) is 17.7 Å². The number of hydrogen-bond donors (Lipinski definition) is 7. The minimum Gasteiger partial charge on any atom is -0.351 e. The molecule has 7 N–H and O–H groups in total. The van der Waals surface area contributed by atoms with E-state index in [4.69, 9.17) is 0 Å². The Balaban J connectivity index is 5.30. The third-order valence-electron chi connectivity index (χ3n) is 7.23. The maximum atomic E-state index is 13.4. The zero-order valence-electron chi connectivity index (χ0n) is 27.0. The molecule has 244 valence electrons. The number of ketones is 2. The number of carbonyl (C=O) groups is 5. The van der Waals surface area contributed by atoms with Crippen molar-refractivity contribution in [2.75, 3.05) is 47.8 Å². The molecule has 0 aliphatic heterocycles. The average molecular weight is 598 g/mol. The smallest absolute Gasteiger partial charge is 0.242 e. The number of hydrogen-bond acceptors (Lipinski definition) is 9. The summed E-state index contributed by atoms with van der Waals surface area (Å²) in [6.45, 7) is 5.42. The first kappa shape index (κ1) is 39.6. The summed E-state index contributed by atoms with van der Waals surface area (Å²) in [5, 5.41) is 21.0. The second kappa shape index (κ2) is 25.1. The minimum atomic E-state index is -0.759. The van der Waals surface area contributed by atoms with Crippen LogP contribution in [0.2, 0.25) is 0 Å². The summed E-state index contributed by atoms with van der Waals surface area (Å²) >= 11 is 0. The van der Waals surface area contributed by atoms with Crippen molar-refractivity contribution in [1.82, 2.24) is 37.2 Å². The lowest BCUT2D eigenvalue weighted by atomic mass is 10.0. The van der Waals surface area contributed by atoms with Gasteiger partial charge < -0.3 is 37.2 Å². The number of rotatable bonds is 27. The van der Waals surface area contributed by atoms with Gasteiger partial charge in [-0.3, -0.25) is 24.0 Å². The molecule has 0 saturated heterocycles. The molecular formula is C30H59N7O5. The molecule has 0 radical (unpaired) electrons. The van der Waals surface area contributed by atoms with E-state index in [2.05, 4.69) is 37.2 Å². The third kappa shape index (κ3) is 19.7. The van der Waals surface area contributed by atoms with E-state index in [1.165, 1.54) is 13.8 Å². The molecule has 0 saturated carbocycles. The van der Waals surface area contributed by atoms with Gasteiger partial charge in [-0.25, -0.2) is 0 Å². The van der Waals surface area contributed by atoms with Crippen molar-refractivity contribution in [3.8, 4) is 0 Å². The van der Waals surface area contributed by atoms with Crippen LogP contribution in [0.5, 0.6) is 0 Å². The van der Waals surface area contributed by atoms with Crippen molar-refractivity contribution < 1.29 is 24.0 Å². The van der Waals surface area contributed by atoms with Crippen LogP contribution < -0.4 is 37.2 Å². The molecule has 0 aromatic heterocycles. The normalized spacial score (nSPS) is 14.0. The molecule has 0 rings (SSSR count). The van der Waals surface area contributed by atoms with E-state index in [0.717, 1.165) is 58.2 Å². The van der Waals surface area contributed by atoms with Gasteiger partial charge in [-0.2, -0.15) is 0 Å². The predicted molar refractivity (Wildman–Crippen MR) is 167 cm³/mol. The fraction of sp³-hybridized carbons (Fsp3) is 0.833. The van der Waals surface area contributed by atoms with Crippen LogP contribution in [0.3, 0.4) is 0 Å². The Morgan fingerprint density at radius 3 is 1.48 bits per heavy atom. The molecule has 12 nitrogen and oxygen atoms in total. The number of Topliss-reactive ketones (excluding diaryl/α,β-unsaturated/α-hetero) is 2. The van der Waals surface area contributed by atoms with E-state index in [1.54, 1.807) is 7.05 Å². The van der Waals surface area contributed by atoms with Crippen LogP contribution >= 0.6 is 0 Å². The van der Waals surface area contributed by atoms with Gasteiger partial charge in [0, 0.05) is 18.9 Å². The van der Waals surface area contributed by atoms with Gasteiger partial charge in [0.05, 0.1) is 12.1 Å². The largest absolute Gasteiger partial charge is 0.351 e. The first-order valence-corrected chi connectivity index (χ1v) is 15.6. The monoisotopic (exact) mass is 597 g/mol. The summed E-state index contributed by atoms with van der Waals surface area (Å²) < 4.78 is 0. The Kier molecular flexibility index (Phi) is 23.7. The van der Waals surface area contributed by atoms with Crippen molar-refractivity contribution in [1.29, 1.82) is 0 Å². The van der Waals surface area contributed by atoms with Crippen LogP contribution in [0, 0.1) is 0 Å². The highest BCUT2D eigenvalue weighted by molar-refractivity contribution is 5.90. The van der Waals surface area contributed by atoms with Crippen LogP contribution in [0.25, 0.3) is 0 Å². The second-order valence-electron chi connectivity index (χ2n) is 11.1. The van der Waals surface area contributed by atoms with Gasteiger partial charge >= 0.3 is 0 Å². The molecule has 0 spiro atoms. The van der Waals surface area contributed by atoms with Gasteiger partial charge in [-0.15, -0.1) is 0 Å². The van der Waals surface area contributed by atoms with Gasteiger partial charge in [0.15, 0.2) is 5.78 Å². The summed E-state index contributed by atoms with van der Waals surface area (Å²) in [6, 6.07) is -2.29. The lowest BCUT2D eigenvalue weighted by Crippen LogP contribution is -2.54. The molecule has 3 amide bonds. The number of unbranched alkanes of at least 4 members (excludes halogenated alkanes) is 3. The zero-order valence-corrected chi connectivity index (χ0v) is 27.0. The second-order valence-corrected chi connectivity index (χ2v) is 11.1. The molecule has 0 aromatic carbocycles. The van der Waals surface area contributed by atoms with E-state index in [0.29, 0.717) is 19.3 Å². The molecule has 12 heteroatoms. The molecule has 0 heterocycles. The van der Waals surface area contributed by atoms with E-state index in [1.807, 2.05) is 21.1 Å². The Morgan fingerprint density at radius 1 is 0.548 bits per heavy atom. The van der Waals surface area contributed by atoms with Crippen molar-refractivity contribution in [3.05, 3.63) is 0 Å². The molecule has 42 heavy (non-hydrogen) atoms. The first-order valence-electron chi connectivity index (χ1n) is 15.6. The molecular weight excluding hydrogens is 538 g/mol. The highest BCUT2D eigenvalue weighted by atomic mass is 16.2. The molecule has 0 fully saturated rings. The van der Waals surface area contributed by atoms with Crippen LogP contribution in [-0.2, 0) is 24.0 Å². The SMILES string of the molecule is CNCCCCC(NC(=O)CCC(CC(C)=O)NC(=O)C(CCCCNC)NC(=O)C(CCCCNC)NC)C(C)=O. The number of nitrogens with one attached hydrogen (secondary N) is 7. The molecule has 4 atom stereocenters. The Hall–Kier alpha value is -2.41.